The van der Waals surface area contributed by atoms with E-state index in [2.05, 4.69) is 5.32 Å². The highest BCUT2D eigenvalue weighted by Crippen LogP contribution is 2.12. The Balaban J connectivity index is 2.44. The number of nitrogens with one attached hydrogen (secondary N) is 1. The first kappa shape index (κ1) is 16.4. The van der Waals surface area contributed by atoms with Gasteiger partial charge in [-0.25, -0.2) is 9.18 Å². The van der Waals surface area contributed by atoms with Gasteiger partial charge in [0.1, 0.15) is 11.4 Å². The van der Waals surface area contributed by atoms with Crippen molar-refractivity contribution in [2.45, 2.75) is 45.8 Å². The third-order valence-corrected chi connectivity index (χ3v) is 2.69. The summed E-state index contributed by atoms with van der Waals surface area (Å²) < 4.78 is 18.1. The van der Waals surface area contributed by atoms with Gasteiger partial charge in [-0.05, 0) is 57.4 Å². The normalized spacial score (nSPS) is 12.9. The van der Waals surface area contributed by atoms with E-state index >= 15 is 0 Å². The molecule has 0 bridgehead atoms. The third-order valence-electron chi connectivity index (χ3n) is 2.69. The molecule has 112 valence electrons. The standard InChI is InChI=1S/C15H23FN2O2/c1-10-7-12(16)6-5-11(10)8-13(17)9-18-14(19)20-15(2,3)4/h5-7,13H,8-9,17H2,1-4H3,(H,18,19). The zero-order valence-corrected chi connectivity index (χ0v) is 12.5. The fraction of sp³-hybridized carbons (Fsp3) is 0.533. The maximum Gasteiger partial charge on any atom is 0.407 e. The first-order valence-electron chi connectivity index (χ1n) is 6.65. The molecule has 0 aliphatic rings. The van der Waals surface area contributed by atoms with Gasteiger partial charge in [-0.2, -0.15) is 0 Å². The number of hydrogen-bond donors (Lipinski definition) is 2. The molecule has 1 aromatic rings. The molecule has 1 rings (SSSR count). The molecule has 0 spiro atoms. The van der Waals surface area contributed by atoms with E-state index < -0.39 is 11.7 Å². The lowest BCUT2D eigenvalue weighted by atomic mass is 10.0. The lowest BCUT2D eigenvalue weighted by Crippen LogP contribution is -2.41. The van der Waals surface area contributed by atoms with Crippen LogP contribution in [0.15, 0.2) is 18.2 Å². The molecule has 0 heterocycles. The van der Waals surface area contributed by atoms with Gasteiger partial charge >= 0.3 is 6.09 Å². The second-order valence-corrected chi connectivity index (χ2v) is 5.92. The average Bonchev–Trinajstić information content (AvgIpc) is 2.28. The number of aryl methyl sites for hydroxylation is 1. The molecule has 20 heavy (non-hydrogen) atoms. The Bertz CT molecular complexity index is 469. The Morgan fingerprint density at radius 1 is 1.45 bits per heavy atom. The lowest BCUT2D eigenvalue weighted by Gasteiger charge is -2.21. The molecule has 1 amide bonds. The summed E-state index contributed by atoms with van der Waals surface area (Å²) in [6.07, 6.45) is 0.0887. The van der Waals surface area contributed by atoms with Gasteiger partial charge in [-0.15, -0.1) is 0 Å². The van der Waals surface area contributed by atoms with Gasteiger partial charge in [-0.3, -0.25) is 0 Å². The fourth-order valence-corrected chi connectivity index (χ4v) is 1.77. The van der Waals surface area contributed by atoms with E-state index in [1.54, 1.807) is 26.8 Å². The van der Waals surface area contributed by atoms with Crippen LogP contribution < -0.4 is 11.1 Å². The molecular formula is C15H23FN2O2. The van der Waals surface area contributed by atoms with Crippen molar-refractivity contribution in [3.8, 4) is 0 Å². The quantitative estimate of drug-likeness (QED) is 0.892. The number of nitrogens with two attached hydrogens (primary N) is 1. The van der Waals surface area contributed by atoms with Crippen molar-refractivity contribution >= 4 is 6.09 Å². The van der Waals surface area contributed by atoms with Crippen LogP contribution >= 0.6 is 0 Å². The summed E-state index contributed by atoms with van der Waals surface area (Å²) in [5.41, 5.74) is 7.27. The predicted octanol–water partition coefficient (Wildman–Crippen LogP) is 2.53. The molecule has 1 unspecified atom stereocenters. The summed E-state index contributed by atoms with van der Waals surface area (Å²) >= 11 is 0. The predicted molar refractivity (Wildman–Crippen MR) is 77.1 cm³/mol. The van der Waals surface area contributed by atoms with Gasteiger partial charge in [0.25, 0.3) is 0 Å². The van der Waals surface area contributed by atoms with Crippen molar-refractivity contribution in [3.63, 3.8) is 0 Å². The maximum absolute atomic E-state index is 13.0. The molecule has 0 aliphatic heterocycles. The third kappa shape index (κ3) is 6.02. The van der Waals surface area contributed by atoms with Crippen LogP contribution in [0.4, 0.5) is 9.18 Å². The van der Waals surface area contributed by atoms with Crippen molar-refractivity contribution in [2.24, 2.45) is 5.73 Å². The molecular weight excluding hydrogens is 259 g/mol. The van der Waals surface area contributed by atoms with Gasteiger partial charge in [0, 0.05) is 12.6 Å². The maximum atomic E-state index is 13.0. The van der Waals surface area contributed by atoms with Crippen molar-refractivity contribution in [2.75, 3.05) is 6.54 Å². The summed E-state index contributed by atoms with van der Waals surface area (Å²) in [7, 11) is 0. The zero-order valence-electron chi connectivity index (χ0n) is 12.5. The number of benzene rings is 1. The topological polar surface area (TPSA) is 64.3 Å². The molecule has 3 N–H and O–H groups in total. The van der Waals surface area contributed by atoms with Crippen LogP contribution in [0.25, 0.3) is 0 Å². The first-order chi connectivity index (χ1) is 9.17. The van der Waals surface area contributed by atoms with Gasteiger partial charge < -0.3 is 15.8 Å². The van der Waals surface area contributed by atoms with Crippen LogP contribution in [-0.4, -0.2) is 24.3 Å². The van der Waals surface area contributed by atoms with Crippen molar-refractivity contribution < 1.29 is 13.9 Å². The molecule has 0 radical (unpaired) electrons. The minimum atomic E-state index is -0.526. The van der Waals surface area contributed by atoms with Gasteiger partial charge in [0.15, 0.2) is 0 Å². The summed E-state index contributed by atoms with van der Waals surface area (Å²) in [4.78, 5) is 11.5. The Labute approximate surface area is 119 Å². The molecule has 5 heteroatoms. The van der Waals surface area contributed by atoms with E-state index in [0.717, 1.165) is 11.1 Å². The Kier molecular flexibility index (Phi) is 5.51. The summed E-state index contributed by atoms with van der Waals surface area (Å²) in [5.74, 6) is -0.258. The van der Waals surface area contributed by atoms with E-state index in [4.69, 9.17) is 10.5 Å². The van der Waals surface area contributed by atoms with Crippen LogP contribution in [0, 0.1) is 12.7 Å². The van der Waals surface area contributed by atoms with E-state index in [9.17, 15) is 9.18 Å². The number of halogens is 1. The number of ether oxygens (including phenoxy) is 1. The fourth-order valence-electron chi connectivity index (χ4n) is 1.77. The van der Waals surface area contributed by atoms with Gasteiger partial charge in [-0.1, -0.05) is 6.07 Å². The van der Waals surface area contributed by atoms with Crippen LogP contribution in [0.3, 0.4) is 0 Å². The van der Waals surface area contributed by atoms with E-state index in [0.29, 0.717) is 13.0 Å². The summed E-state index contributed by atoms with van der Waals surface area (Å²) in [6.45, 7) is 7.55. The van der Waals surface area contributed by atoms with Crippen LogP contribution in [0.1, 0.15) is 31.9 Å². The number of hydrogen-bond acceptors (Lipinski definition) is 3. The average molecular weight is 282 g/mol. The molecule has 0 fully saturated rings. The highest BCUT2D eigenvalue weighted by atomic mass is 19.1. The monoisotopic (exact) mass is 282 g/mol. The Morgan fingerprint density at radius 2 is 2.10 bits per heavy atom. The number of carbonyl (C=O) groups is 1. The molecule has 0 aliphatic carbocycles. The molecule has 4 nitrogen and oxygen atoms in total. The summed E-state index contributed by atoms with van der Waals surface area (Å²) in [6, 6.07) is 4.37. The van der Waals surface area contributed by atoms with Crippen molar-refractivity contribution in [3.05, 3.63) is 35.1 Å². The molecule has 0 saturated heterocycles. The SMILES string of the molecule is Cc1cc(F)ccc1CC(N)CNC(=O)OC(C)(C)C. The second-order valence-electron chi connectivity index (χ2n) is 5.92. The lowest BCUT2D eigenvalue weighted by molar-refractivity contribution is 0.0524. The first-order valence-corrected chi connectivity index (χ1v) is 6.65. The van der Waals surface area contributed by atoms with Crippen molar-refractivity contribution in [1.29, 1.82) is 0 Å². The van der Waals surface area contributed by atoms with Gasteiger partial charge in [0.2, 0.25) is 0 Å². The second kappa shape index (κ2) is 6.70. The number of amides is 1. The molecule has 0 saturated carbocycles. The van der Waals surface area contributed by atoms with Crippen molar-refractivity contribution in [1.82, 2.24) is 5.32 Å². The minimum Gasteiger partial charge on any atom is -0.444 e. The number of carbonyl (C=O) groups excluding carboxylic acids is 1. The number of rotatable bonds is 4. The smallest absolute Gasteiger partial charge is 0.407 e. The molecule has 1 aromatic carbocycles. The molecule has 1 atom stereocenters. The van der Waals surface area contributed by atoms with Crippen LogP contribution in [-0.2, 0) is 11.2 Å². The van der Waals surface area contributed by atoms with E-state index in [-0.39, 0.29) is 11.9 Å². The Morgan fingerprint density at radius 3 is 2.65 bits per heavy atom. The zero-order chi connectivity index (χ0) is 15.3. The highest BCUT2D eigenvalue weighted by molar-refractivity contribution is 5.67. The minimum absolute atomic E-state index is 0.244. The Hall–Kier alpha value is -1.62. The largest absolute Gasteiger partial charge is 0.444 e. The number of alkyl carbamates (subject to hydrolysis) is 1. The summed E-state index contributed by atoms with van der Waals surface area (Å²) in [5, 5.41) is 2.63. The van der Waals surface area contributed by atoms with Crippen LogP contribution in [0.2, 0.25) is 0 Å². The van der Waals surface area contributed by atoms with Crippen LogP contribution in [0.5, 0.6) is 0 Å². The molecule has 0 aromatic heterocycles. The highest BCUT2D eigenvalue weighted by Gasteiger charge is 2.16. The van der Waals surface area contributed by atoms with Gasteiger partial charge in [0.05, 0.1) is 0 Å². The van der Waals surface area contributed by atoms with E-state index in [1.807, 2.05) is 6.92 Å². The van der Waals surface area contributed by atoms with E-state index in [1.165, 1.54) is 12.1 Å².